The second-order valence-electron chi connectivity index (χ2n) is 7.16. The van der Waals surface area contributed by atoms with Gasteiger partial charge in [-0.25, -0.2) is 5.43 Å². The van der Waals surface area contributed by atoms with E-state index in [1.807, 2.05) is 30.3 Å². The molecule has 3 aromatic rings. The minimum absolute atomic E-state index is 0.105. The predicted molar refractivity (Wildman–Crippen MR) is 133 cm³/mol. The van der Waals surface area contributed by atoms with Gasteiger partial charge in [0.15, 0.2) is 17.6 Å². The minimum Gasteiger partial charge on any atom is -0.493 e. The molecule has 182 valence electrons. The van der Waals surface area contributed by atoms with Crippen LogP contribution in [0.25, 0.3) is 0 Å². The normalized spacial score (nSPS) is 11.7. The number of nitrogens with zero attached hydrogens (tertiary/aromatic N) is 2. The van der Waals surface area contributed by atoms with E-state index in [0.29, 0.717) is 5.02 Å². The van der Waals surface area contributed by atoms with Crippen LogP contribution in [-0.2, 0) is 11.4 Å². The summed E-state index contributed by atoms with van der Waals surface area (Å²) in [6, 6.07) is 16.6. The highest BCUT2D eigenvalue weighted by molar-refractivity contribution is 6.35. The first-order valence-electron chi connectivity index (χ1n) is 10.3. The quantitative estimate of drug-likeness (QED) is 0.218. The average Bonchev–Trinajstić information content (AvgIpc) is 2.84. The molecule has 11 heteroatoms. The molecule has 0 aliphatic heterocycles. The molecule has 3 aromatic carbocycles. The number of benzene rings is 3. The maximum atomic E-state index is 12.3. The van der Waals surface area contributed by atoms with Gasteiger partial charge >= 0.3 is 0 Å². The van der Waals surface area contributed by atoms with E-state index < -0.39 is 16.9 Å². The molecular formula is C24H21Cl2N3O6. The number of carbonyl (C=O) groups excluding carboxylic acids is 1. The van der Waals surface area contributed by atoms with Gasteiger partial charge in [-0.1, -0.05) is 53.5 Å². The predicted octanol–water partition coefficient (Wildman–Crippen LogP) is 5.41. The Labute approximate surface area is 211 Å². The van der Waals surface area contributed by atoms with Gasteiger partial charge in [-0.2, -0.15) is 5.10 Å². The summed E-state index contributed by atoms with van der Waals surface area (Å²) < 4.78 is 16.6. The summed E-state index contributed by atoms with van der Waals surface area (Å²) in [6.07, 6.45) is 0.186. The SMILES string of the molecule is COc1cc(/C=N/NC(=O)[C@@H](C)Oc2ccc(Cl)cc2Cl)c([N+](=O)[O-])cc1OCc1ccccc1. The van der Waals surface area contributed by atoms with E-state index in [2.05, 4.69) is 10.5 Å². The Morgan fingerprint density at radius 2 is 1.86 bits per heavy atom. The van der Waals surface area contributed by atoms with Gasteiger partial charge in [-0.3, -0.25) is 14.9 Å². The summed E-state index contributed by atoms with van der Waals surface area (Å²) in [5.74, 6) is 0.151. The molecule has 0 heterocycles. The van der Waals surface area contributed by atoms with Gasteiger partial charge in [0.05, 0.1) is 34.9 Å². The Bertz CT molecular complexity index is 1240. The van der Waals surface area contributed by atoms with Gasteiger partial charge in [-0.15, -0.1) is 0 Å². The minimum atomic E-state index is -0.955. The van der Waals surface area contributed by atoms with Gasteiger partial charge in [0.25, 0.3) is 11.6 Å². The highest BCUT2D eigenvalue weighted by Crippen LogP contribution is 2.34. The van der Waals surface area contributed by atoms with Gasteiger partial charge in [0, 0.05) is 5.02 Å². The summed E-state index contributed by atoms with van der Waals surface area (Å²) in [7, 11) is 1.42. The molecule has 1 atom stereocenters. The zero-order valence-electron chi connectivity index (χ0n) is 18.7. The highest BCUT2D eigenvalue weighted by Gasteiger charge is 2.20. The number of halogens is 2. The van der Waals surface area contributed by atoms with Crippen LogP contribution < -0.4 is 19.6 Å². The van der Waals surface area contributed by atoms with E-state index in [0.717, 1.165) is 11.8 Å². The van der Waals surface area contributed by atoms with Crippen molar-refractivity contribution in [1.29, 1.82) is 0 Å². The number of hydrogen-bond acceptors (Lipinski definition) is 7. The molecule has 9 nitrogen and oxygen atoms in total. The fourth-order valence-corrected chi connectivity index (χ4v) is 3.36. The van der Waals surface area contributed by atoms with Gasteiger partial charge in [-0.05, 0) is 36.8 Å². The molecule has 0 aliphatic carbocycles. The van der Waals surface area contributed by atoms with E-state index in [-0.39, 0.29) is 40.1 Å². The van der Waals surface area contributed by atoms with Crippen molar-refractivity contribution in [2.75, 3.05) is 7.11 Å². The summed E-state index contributed by atoms with van der Waals surface area (Å²) in [5, 5.41) is 16.1. The van der Waals surface area contributed by atoms with Crippen LogP contribution >= 0.6 is 23.2 Å². The molecule has 0 saturated heterocycles. The first-order valence-corrected chi connectivity index (χ1v) is 11.0. The standard InChI is InChI=1S/C24H21Cl2N3O6/c1-15(35-21-9-8-18(25)11-19(21)26)24(30)28-27-13-17-10-22(33-2)23(12-20(17)29(31)32)34-14-16-6-4-3-5-7-16/h3-13,15H,14H2,1-2H3,(H,28,30)/b27-13+/t15-/m1/s1. The number of nitrogens with one attached hydrogen (secondary N) is 1. The molecule has 1 amide bonds. The Balaban J connectivity index is 1.71. The lowest BCUT2D eigenvalue weighted by Crippen LogP contribution is -2.33. The van der Waals surface area contributed by atoms with Crippen molar-refractivity contribution in [1.82, 2.24) is 5.43 Å². The number of amides is 1. The van der Waals surface area contributed by atoms with Crippen LogP contribution in [0.5, 0.6) is 17.2 Å². The summed E-state index contributed by atoms with van der Waals surface area (Å²) >= 11 is 11.9. The first-order chi connectivity index (χ1) is 16.8. The number of carbonyl (C=O) groups is 1. The molecule has 0 aliphatic rings. The zero-order valence-corrected chi connectivity index (χ0v) is 20.2. The molecule has 35 heavy (non-hydrogen) atoms. The molecule has 0 saturated carbocycles. The largest absolute Gasteiger partial charge is 0.493 e. The van der Waals surface area contributed by atoms with Gasteiger partial charge in [0.1, 0.15) is 12.4 Å². The number of nitro benzene ring substituents is 1. The molecule has 0 aromatic heterocycles. The second-order valence-corrected chi connectivity index (χ2v) is 8.01. The molecule has 0 unspecified atom stereocenters. The number of rotatable bonds is 10. The molecular weight excluding hydrogens is 497 g/mol. The zero-order chi connectivity index (χ0) is 25.4. The molecule has 0 spiro atoms. The van der Waals surface area contributed by atoms with Crippen LogP contribution in [0.1, 0.15) is 18.1 Å². The maximum absolute atomic E-state index is 12.3. The topological polar surface area (TPSA) is 112 Å². The van der Waals surface area contributed by atoms with Crippen molar-refractivity contribution in [2.45, 2.75) is 19.6 Å². The van der Waals surface area contributed by atoms with Crippen molar-refractivity contribution >= 4 is 41.0 Å². The lowest BCUT2D eigenvalue weighted by molar-refractivity contribution is -0.385. The van der Waals surface area contributed by atoms with Crippen LogP contribution in [0.15, 0.2) is 65.8 Å². The third kappa shape index (κ3) is 7.08. The summed E-state index contributed by atoms with van der Waals surface area (Å²) in [6.45, 7) is 1.70. The lowest BCUT2D eigenvalue weighted by Gasteiger charge is -2.14. The van der Waals surface area contributed by atoms with Crippen LogP contribution in [0.4, 0.5) is 5.69 Å². The van der Waals surface area contributed by atoms with Crippen molar-refractivity contribution in [3.63, 3.8) is 0 Å². The Morgan fingerprint density at radius 3 is 2.51 bits per heavy atom. The Morgan fingerprint density at radius 1 is 1.11 bits per heavy atom. The maximum Gasteiger partial charge on any atom is 0.282 e. The van der Waals surface area contributed by atoms with Crippen molar-refractivity contribution < 1.29 is 23.9 Å². The van der Waals surface area contributed by atoms with E-state index in [4.69, 9.17) is 37.4 Å². The van der Waals surface area contributed by atoms with E-state index >= 15 is 0 Å². The van der Waals surface area contributed by atoms with Crippen LogP contribution in [0, 0.1) is 10.1 Å². The van der Waals surface area contributed by atoms with Crippen LogP contribution in [0.3, 0.4) is 0 Å². The molecule has 0 fully saturated rings. The first kappa shape index (κ1) is 25.8. The molecule has 3 rings (SSSR count). The smallest absolute Gasteiger partial charge is 0.282 e. The Kier molecular flexibility index (Phi) is 8.88. The molecule has 1 N–H and O–H groups in total. The number of ether oxygens (including phenoxy) is 3. The van der Waals surface area contributed by atoms with Crippen LogP contribution in [0.2, 0.25) is 10.0 Å². The lowest BCUT2D eigenvalue weighted by atomic mass is 10.1. The fourth-order valence-electron chi connectivity index (χ4n) is 2.91. The number of nitro groups is 1. The van der Waals surface area contributed by atoms with Gasteiger partial charge in [0.2, 0.25) is 0 Å². The van der Waals surface area contributed by atoms with Crippen LogP contribution in [-0.4, -0.2) is 30.3 Å². The van der Waals surface area contributed by atoms with E-state index in [9.17, 15) is 14.9 Å². The fraction of sp³-hybridized carbons (Fsp3) is 0.167. The second kappa shape index (κ2) is 12.0. The molecule has 0 radical (unpaired) electrons. The van der Waals surface area contributed by atoms with E-state index in [1.165, 1.54) is 38.3 Å². The molecule has 0 bridgehead atoms. The van der Waals surface area contributed by atoms with Gasteiger partial charge < -0.3 is 14.2 Å². The van der Waals surface area contributed by atoms with Crippen molar-refractivity contribution in [2.24, 2.45) is 5.10 Å². The third-order valence-electron chi connectivity index (χ3n) is 4.69. The Hall–Kier alpha value is -3.82. The van der Waals surface area contributed by atoms with Crippen molar-refractivity contribution in [3.8, 4) is 17.2 Å². The highest BCUT2D eigenvalue weighted by atomic mass is 35.5. The number of methoxy groups -OCH3 is 1. The number of hydrogen-bond donors (Lipinski definition) is 1. The summed E-state index contributed by atoms with van der Waals surface area (Å²) in [4.78, 5) is 23.4. The monoisotopic (exact) mass is 517 g/mol. The summed E-state index contributed by atoms with van der Waals surface area (Å²) in [5.41, 5.74) is 3.01. The number of hydrazone groups is 1. The van der Waals surface area contributed by atoms with E-state index in [1.54, 1.807) is 6.07 Å². The average molecular weight is 518 g/mol. The third-order valence-corrected chi connectivity index (χ3v) is 5.22. The van der Waals surface area contributed by atoms with Crippen molar-refractivity contribution in [3.05, 3.63) is 92.0 Å².